The number of nitrogens with zero attached hydrogens (tertiary/aromatic N) is 3. The van der Waals surface area contributed by atoms with Crippen LogP contribution in [0.1, 0.15) is 5.56 Å². The summed E-state index contributed by atoms with van der Waals surface area (Å²) in [6.07, 6.45) is 0. The summed E-state index contributed by atoms with van der Waals surface area (Å²) in [5.74, 6) is 0. The lowest BCUT2D eigenvalue weighted by atomic mass is 10.0. The summed E-state index contributed by atoms with van der Waals surface area (Å²) in [5.41, 5.74) is 1.76. The van der Waals surface area contributed by atoms with E-state index in [-0.39, 0.29) is 10.6 Å². The Kier molecular flexibility index (Phi) is 3.58. The summed E-state index contributed by atoms with van der Waals surface area (Å²) in [6, 6.07) is 6.10. The second-order valence-electron chi connectivity index (χ2n) is 5.54. The second-order valence-corrected chi connectivity index (χ2v) is 5.54. The van der Waals surface area contributed by atoms with Gasteiger partial charge in [-0.1, -0.05) is 12.1 Å². The van der Waals surface area contributed by atoms with Crippen LogP contribution in [0.5, 0.6) is 0 Å². The smallest absolute Gasteiger partial charge is 0.295 e. The average molecular weight is 276 g/mol. The number of rotatable bonds is 3. The van der Waals surface area contributed by atoms with Crippen LogP contribution in [0.15, 0.2) is 18.2 Å². The summed E-state index contributed by atoms with van der Waals surface area (Å²) in [5, 5.41) is 14.6. The van der Waals surface area contributed by atoms with Crippen LogP contribution in [0.2, 0.25) is 0 Å². The minimum atomic E-state index is -0.261. The first kappa shape index (κ1) is 13.3. The minimum Gasteiger partial charge on any atom is -0.363 e. The van der Waals surface area contributed by atoms with Crippen LogP contribution in [0.3, 0.4) is 0 Å². The SMILES string of the molecule is Cc1cccc(N2CC(N3CCNCC3)C2)c1[N+](=O)[O-]. The van der Waals surface area contributed by atoms with Gasteiger partial charge in [0.05, 0.1) is 4.92 Å². The highest BCUT2D eigenvalue weighted by Crippen LogP contribution is 2.34. The number of nitro groups is 1. The fraction of sp³-hybridized carbons (Fsp3) is 0.571. The minimum absolute atomic E-state index is 0.256. The first-order valence-corrected chi connectivity index (χ1v) is 7.10. The van der Waals surface area contributed by atoms with Crippen molar-refractivity contribution in [3.05, 3.63) is 33.9 Å². The van der Waals surface area contributed by atoms with Gasteiger partial charge >= 0.3 is 0 Å². The van der Waals surface area contributed by atoms with Gasteiger partial charge < -0.3 is 10.2 Å². The molecule has 6 heteroatoms. The Morgan fingerprint density at radius 1 is 1.30 bits per heavy atom. The molecule has 2 heterocycles. The van der Waals surface area contributed by atoms with Gasteiger partial charge in [0.15, 0.2) is 0 Å². The normalized spacial score (nSPS) is 20.8. The Hall–Kier alpha value is -1.66. The number of anilines is 1. The molecule has 3 rings (SSSR count). The lowest BCUT2D eigenvalue weighted by molar-refractivity contribution is -0.384. The number of para-hydroxylation sites is 1. The number of nitrogens with one attached hydrogen (secondary N) is 1. The highest BCUT2D eigenvalue weighted by molar-refractivity contribution is 5.68. The van der Waals surface area contributed by atoms with E-state index in [1.807, 2.05) is 12.1 Å². The van der Waals surface area contributed by atoms with Gasteiger partial charge in [0, 0.05) is 50.9 Å². The number of nitro benzene ring substituents is 1. The van der Waals surface area contributed by atoms with Gasteiger partial charge in [0.1, 0.15) is 5.69 Å². The Bertz CT molecular complexity index is 508. The van der Waals surface area contributed by atoms with Crippen molar-refractivity contribution < 1.29 is 4.92 Å². The van der Waals surface area contributed by atoms with Crippen molar-refractivity contribution in [1.29, 1.82) is 0 Å². The maximum atomic E-state index is 11.2. The van der Waals surface area contributed by atoms with Crippen LogP contribution in [0, 0.1) is 17.0 Å². The van der Waals surface area contributed by atoms with E-state index in [0.29, 0.717) is 6.04 Å². The van der Waals surface area contributed by atoms with Crippen molar-refractivity contribution in [2.45, 2.75) is 13.0 Å². The van der Waals surface area contributed by atoms with Crippen LogP contribution in [0.25, 0.3) is 0 Å². The van der Waals surface area contributed by atoms with E-state index in [1.165, 1.54) is 0 Å². The fourth-order valence-electron chi connectivity index (χ4n) is 3.07. The van der Waals surface area contributed by atoms with E-state index in [0.717, 1.165) is 50.5 Å². The zero-order valence-electron chi connectivity index (χ0n) is 11.7. The van der Waals surface area contributed by atoms with Crippen molar-refractivity contribution in [3.63, 3.8) is 0 Å². The molecule has 1 N–H and O–H groups in total. The molecular weight excluding hydrogens is 256 g/mol. The number of aryl methyl sites for hydroxylation is 1. The van der Waals surface area contributed by atoms with Crippen LogP contribution >= 0.6 is 0 Å². The van der Waals surface area contributed by atoms with Crippen molar-refractivity contribution in [3.8, 4) is 0 Å². The molecule has 2 aliphatic rings. The van der Waals surface area contributed by atoms with E-state index >= 15 is 0 Å². The van der Waals surface area contributed by atoms with Crippen LogP contribution in [0.4, 0.5) is 11.4 Å². The third-order valence-corrected chi connectivity index (χ3v) is 4.27. The Labute approximate surface area is 118 Å². The molecule has 0 saturated carbocycles. The molecule has 0 unspecified atom stereocenters. The molecule has 1 aromatic carbocycles. The van der Waals surface area contributed by atoms with Crippen LogP contribution < -0.4 is 10.2 Å². The van der Waals surface area contributed by atoms with Gasteiger partial charge in [-0.15, -0.1) is 0 Å². The second kappa shape index (κ2) is 5.38. The molecule has 20 heavy (non-hydrogen) atoms. The largest absolute Gasteiger partial charge is 0.363 e. The summed E-state index contributed by atoms with van der Waals surface area (Å²) in [7, 11) is 0. The molecule has 6 nitrogen and oxygen atoms in total. The molecule has 0 radical (unpaired) electrons. The van der Waals surface area contributed by atoms with Gasteiger partial charge in [-0.2, -0.15) is 0 Å². The van der Waals surface area contributed by atoms with Crippen molar-refractivity contribution in [1.82, 2.24) is 10.2 Å². The predicted octanol–water partition coefficient (Wildman–Crippen LogP) is 0.997. The predicted molar refractivity (Wildman–Crippen MR) is 78.3 cm³/mol. The lowest BCUT2D eigenvalue weighted by Gasteiger charge is -2.47. The molecule has 0 bridgehead atoms. The average Bonchev–Trinajstić information content (AvgIpc) is 2.38. The van der Waals surface area contributed by atoms with Crippen LogP contribution in [-0.2, 0) is 0 Å². The molecule has 0 atom stereocenters. The zero-order valence-corrected chi connectivity index (χ0v) is 11.7. The van der Waals surface area contributed by atoms with E-state index in [9.17, 15) is 10.1 Å². The molecule has 108 valence electrons. The monoisotopic (exact) mass is 276 g/mol. The number of hydrogen-bond donors (Lipinski definition) is 1. The summed E-state index contributed by atoms with van der Waals surface area (Å²) < 4.78 is 0. The van der Waals surface area contributed by atoms with Gasteiger partial charge in [0.2, 0.25) is 0 Å². The highest BCUT2D eigenvalue weighted by Gasteiger charge is 2.35. The van der Waals surface area contributed by atoms with Crippen LogP contribution in [-0.4, -0.2) is 55.1 Å². The highest BCUT2D eigenvalue weighted by atomic mass is 16.6. The maximum Gasteiger partial charge on any atom is 0.295 e. The molecule has 1 aromatic rings. The van der Waals surface area contributed by atoms with E-state index in [4.69, 9.17) is 0 Å². The molecule has 0 spiro atoms. The molecule has 0 amide bonds. The molecule has 0 aromatic heterocycles. The van der Waals surface area contributed by atoms with Gasteiger partial charge in [-0.05, 0) is 13.0 Å². The molecule has 2 fully saturated rings. The quantitative estimate of drug-likeness (QED) is 0.659. The first-order valence-electron chi connectivity index (χ1n) is 7.10. The third-order valence-electron chi connectivity index (χ3n) is 4.27. The van der Waals surface area contributed by atoms with Gasteiger partial charge in [0.25, 0.3) is 5.69 Å². The van der Waals surface area contributed by atoms with Crippen molar-refractivity contribution >= 4 is 11.4 Å². The molecule has 2 aliphatic heterocycles. The molecular formula is C14H20N4O2. The van der Waals surface area contributed by atoms with E-state index in [1.54, 1.807) is 13.0 Å². The molecule has 0 aliphatic carbocycles. The Morgan fingerprint density at radius 3 is 2.65 bits per heavy atom. The van der Waals surface area contributed by atoms with Gasteiger partial charge in [-0.25, -0.2) is 0 Å². The van der Waals surface area contributed by atoms with Gasteiger partial charge in [-0.3, -0.25) is 15.0 Å². The number of hydrogen-bond acceptors (Lipinski definition) is 5. The lowest BCUT2D eigenvalue weighted by Crippen LogP contribution is -2.63. The number of piperazine rings is 1. The Morgan fingerprint density at radius 2 is 2.00 bits per heavy atom. The summed E-state index contributed by atoms with van der Waals surface area (Å²) >= 11 is 0. The number of benzene rings is 1. The topological polar surface area (TPSA) is 61.6 Å². The van der Waals surface area contributed by atoms with E-state index < -0.39 is 0 Å². The summed E-state index contributed by atoms with van der Waals surface area (Å²) in [4.78, 5) is 15.6. The maximum absolute atomic E-state index is 11.2. The standard InChI is InChI=1S/C14H20N4O2/c1-11-3-2-4-13(14(11)18(19)20)17-9-12(10-17)16-7-5-15-6-8-16/h2-4,12,15H,5-10H2,1H3. The first-order chi connectivity index (χ1) is 9.66. The van der Waals surface area contributed by atoms with Crippen molar-refractivity contribution in [2.24, 2.45) is 0 Å². The fourth-order valence-corrected chi connectivity index (χ4v) is 3.07. The van der Waals surface area contributed by atoms with E-state index in [2.05, 4.69) is 15.1 Å². The Balaban J connectivity index is 1.70. The molecule has 2 saturated heterocycles. The van der Waals surface area contributed by atoms with Crippen molar-refractivity contribution in [2.75, 3.05) is 44.2 Å². The zero-order chi connectivity index (χ0) is 14.1. The summed E-state index contributed by atoms with van der Waals surface area (Å²) in [6.45, 7) is 7.83. The third kappa shape index (κ3) is 2.36.